The summed E-state index contributed by atoms with van der Waals surface area (Å²) in [4.78, 5) is 0. The summed E-state index contributed by atoms with van der Waals surface area (Å²) in [6.07, 6.45) is 5.16. The predicted molar refractivity (Wildman–Crippen MR) is 78.3 cm³/mol. The van der Waals surface area contributed by atoms with E-state index in [1.165, 1.54) is 31.7 Å². The fourth-order valence-corrected chi connectivity index (χ4v) is 3.32. The van der Waals surface area contributed by atoms with Gasteiger partial charge in [0, 0.05) is 11.7 Å². The van der Waals surface area contributed by atoms with Gasteiger partial charge >= 0.3 is 0 Å². The minimum atomic E-state index is -0.204. The maximum absolute atomic E-state index is 13.2. The van der Waals surface area contributed by atoms with Crippen LogP contribution in [0.5, 0.6) is 0 Å². The van der Waals surface area contributed by atoms with Crippen molar-refractivity contribution in [1.82, 2.24) is 0 Å². The smallest absolute Gasteiger partial charge is 0.137 e. The van der Waals surface area contributed by atoms with Gasteiger partial charge in [0.05, 0.1) is 4.47 Å². The van der Waals surface area contributed by atoms with E-state index in [1.807, 2.05) is 12.1 Å². The summed E-state index contributed by atoms with van der Waals surface area (Å²) in [5.41, 5.74) is 1.01. The molecule has 0 amide bonds. The first-order chi connectivity index (χ1) is 8.58. The van der Waals surface area contributed by atoms with Crippen LogP contribution in [0.15, 0.2) is 22.7 Å². The van der Waals surface area contributed by atoms with Crippen LogP contribution in [0.2, 0.25) is 0 Å². The van der Waals surface area contributed by atoms with Crippen molar-refractivity contribution < 1.29 is 4.39 Å². The molecular formula is C15H21BrFN. The Morgan fingerprint density at radius 2 is 2.00 bits per heavy atom. The second-order valence-corrected chi connectivity index (χ2v) is 6.43. The number of hydrogen-bond acceptors (Lipinski definition) is 1. The van der Waals surface area contributed by atoms with E-state index in [2.05, 4.69) is 35.1 Å². The van der Waals surface area contributed by atoms with Gasteiger partial charge in [-0.25, -0.2) is 4.39 Å². The van der Waals surface area contributed by atoms with Crippen LogP contribution in [0.4, 0.5) is 10.1 Å². The third-order valence-electron chi connectivity index (χ3n) is 3.95. The zero-order chi connectivity index (χ0) is 13.1. The fraction of sp³-hybridized carbons (Fsp3) is 0.600. The summed E-state index contributed by atoms with van der Waals surface area (Å²) in [5, 5.41) is 3.58. The van der Waals surface area contributed by atoms with Crippen molar-refractivity contribution in [2.45, 2.75) is 45.6 Å². The zero-order valence-corrected chi connectivity index (χ0v) is 12.6. The molecule has 0 spiro atoms. The van der Waals surface area contributed by atoms with Crippen LogP contribution in [0.1, 0.15) is 39.5 Å². The third kappa shape index (κ3) is 3.25. The highest BCUT2D eigenvalue weighted by molar-refractivity contribution is 9.10. The van der Waals surface area contributed by atoms with Gasteiger partial charge in [-0.3, -0.25) is 0 Å². The van der Waals surface area contributed by atoms with E-state index in [9.17, 15) is 4.39 Å². The lowest BCUT2D eigenvalue weighted by Crippen LogP contribution is -2.35. The Morgan fingerprint density at radius 1 is 1.28 bits per heavy atom. The van der Waals surface area contributed by atoms with E-state index in [0.29, 0.717) is 16.4 Å². The molecule has 1 aliphatic carbocycles. The van der Waals surface area contributed by atoms with E-state index in [0.717, 1.165) is 11.6 Å². The molecule has 1 N–H and O–H groups in total. The molecule has 1 aliphatic rings. The molecular weight excluding hydrogens is 293 g/mol. The first-order valence-electron chi connectivity index (χ1n) is 6.79. The molecule has 1 saturated carbocycles. The van der Waals surface area contributed by atoms with Crippen LogP contribution in [0, 0.1) is 17.7 Å². The Balaban J connectivity index is 2.08. The van der Waals surface area contributed by atoms with Crippen molar-refractivity contribution in [2.75, 3.05) is 5.32 Å². The lowest BCUT2D eigenvalue weighted by Gasteiger charge is -2.35. The maximum atomic E-state index is 13.2. The molecule has 1 aromatic carbocycles. The summed E-state index contributed by atoms with van der Waals surface area (Å²) in [6.45, 7) is 4.59. The first kappa shape index (κ1) is 13.9. The lowest BCUT2D eigenvalue weighted by molar-refractivity contribution is 0.254. The molecule has 0 aromatic heterocycles. The van der Waals surface area contributed by atoms with Crippen LogP contribution in [-0.2, 0) is 0 Å². The van der Waals surface area contributed by atoms with E-state index < -0.39 is 0 Å². The molecule has 2 unspecified atom stereocenters. The molecule has 2 rings (SSSR count). The van der Waals surface area contributed by atoms with Crippen molar-refractivity contribution in [2.24, 2.45) is 11.8 Å². The Kier molecular flexibility index (Phi) is 4.66. The average Bonchev–Trinajstić information content (AvgIpc) is 2.34. The quantitative estimate of drug-likeness (QED) is 0.807. The number of anilines is 1. The number of benzene rings is 1. The summed E-state index contributed by atoms with van der Waals surface area (Å²) < 4.78 is 13.7. The molecule has 3 heteroatoms. The molecule has 0 saturated heterocycles. The minimum Gasteiger partial charge on any atom is -0.382 e. The SMILES string of the molecule is CC(C)C1CCCCC1Nc1ccc(F)c(Br)c1. The molecule has 0 bridgehead atoms. The molecule has 18 heavy (non-hydrogen) atoms. The number of halogens is 2. The Labute approximate surface area is 117 Å². The van der Waals surface area contributed by atoms with Gasteiger partial charge < -0.3 is 5.32 Å². The number of nitrogens with one attached hydrogen (secondary N) is 1. The van der Waals surface area contributed by atoms with Gasteiger partial charge in [-0.1, -0.05) is 26.7 Å². The van der Waals surface area contributed by atoms with Crippen LogP contribution >= 0.6 is 15.9 Å². The van der Waals surface area contributed by atoms with Crippen LogP contribution < -0.4 is 5.32 Å². The van der Waals surface area contributed by atoms with Gasteiger partial charge in [0.15, 0.2) is 0 Å². The van der Waals surface area contributed by atoms with E-state index in [1.54, 1.807) is 0 Å². The zero-order valence-electron chi connectivity index (χ0n) is 11.0. The predicted octanol–water partition coefficient (Wildman–Crippen LogP) is 5.21. The highest BCUT2D eigenvalue weighted by atomic mass is 79.9. The highest BCUT2D eigenvalue weighted by Gasteiger charge is 2.27. The second-order valence-electron chi connectivity index (χ2n) is 5.57. The summed E-state index contributed by atoms with van der Waals surface area (Å²) >= 11 is 3.24. The normalized spacial score (nSPS) is 24.3. The summed E-state index contributed by atoms with van der Waals surface area (Å²) in [6, 6.07) is 5.70. The molecule has 0 radical (unpaired) electrons. The highest BCUT2D eigenvalue weighted by Crippen LogP contribution is 2.32. The molecule has 0 aliphatic heterocycles. The van der Waals surface area contributed by atoms with Gasteiger partial charge in [-0.05, 0) is 58.8 Å². The first-order valence-corrected chi connectivity index (χ1v) is 7.59. The van der Waals surface area contributed by atoms with Gasteiger partial charge in [0.2, 0.25) is 0 Å². The number of rotatable bonds is 3. The van der Waals surface area contributed by atoms with Crippen LogP contribution in [0.25, 0.3) is 0 Å². The molecule has 0 heterocycles. The Morgan fingerprint density at radius 3 is 2.67 bits per heavy atom. The van der Waals surface area contributed by atoms with Crippen LogP contribution in [-0.4, -0.2) is 6.04 Å². The maximum Gasteiger partial charge on any atom is 0.137 e. The van der Waals surface area contributed by atoms with Crippen molar-refractivity contribution >= 4 is 21.6 Å². The fourth-order valence-electron chi connectivity index (χ4n) is 2.94. The van der Waals surface area contributed by atoms with Crippen molar-refractivity contribution in [3.63, 3.8) is 0 Å². The Hall–Kier alpha value is -0.570. The summed E-state index contributed by atoms with van der Waals surface area (Å²) in [5.74, 6) is 1.22. The van der Waals surface area contributed by atoms with Crippen molar-refractivity contribution in [3.8, 4) is 0 Å². The van der Waals surface area contributed by atoms with E-state index >= 15 is 0 Å². The monoisotopic (exact) mass is 313 g/mol. The van der Waals surface area contributed by atoms with Gasteiger partial charge in [-0.2, -0.15) is 0 Å². The topological polar surface area (TPSA) is 12.0 Å². The van der Waals surface area contributed by atoms with Gasteiger partial charge in [0.1, 0.15) is 5.82 Å². The molecule has 1 nitrogen and oxygen atoms in total. The second kappa shape index (κ2) is 6.05. The molecule has 1 fully saturated rings. The Bertz CT molecular complexity index is 405. The molecule has 100 valence electrons. The standard InChI is InChI=1S/C15H21BrFN/c1-10(2)12-5-3-4-6-15(12)18-11-7-8-14(17)13(16)9-11/h7-10,12,15,18H,3-6H2,1-2H3. The van der Waals surface area contributed by atoms with Gasteiger partial charge in [0.25, 0.3) is 0 Å². The minimum absolute atomic E-state index is 0.204. The average molecular weight is 314 g/mol. The third-order valence-corrected chi connectivity index (χ3v) is 4.56. The molecule has 2 atom stereocenters. The number of hydrogen-bond donors (Lipinski definition) is 1. The van der Waals surface area contributed by atoms with E-state index in [4.69, 9.17) is 0 Å². The van der Waals surface area contributed by atoms with Crippen LogP contribution in [0.3, 0.4) is 0 Å². The summed E-state index contributed by atoms with van der Waals surface area (Å²) in [7, 11) is 0. The largest absolute Gasteiger partial charge is 0.382 e. The van der Waals surface area contributed by atoms with E-state index in [-0.39, 0.29) is 5.82 Å². The van der Waals surface area contributed by atoms with Crippen molar-refractivity contribution in [1.29, 1.82) is 0 Å². The van der Waals surface area contributed by atoms with Gasteiger partial charge in [-0.15, -0.1) is 0 Å². The van der Waals surface area contributed by atoms with Crippen molar-refractivity contribution in [3.05, 3.63) is 28.5 Å². The molecule has 1 aromatic rings. The lowest BCUT2D eigenvalue weighted by atomic mass is 9.78.